The highest BCUT2D eigenvalue weighted by Crippen LogP contribution is 2.39. The molecule has 1 saturated heterocycles. The lowest BCUT2D eigenvalue weighted by molar-refractivity contribution is -0.140. The Balaban J connectivity index is 2.03. The molecular weight excluding hydrogens is 363 g/mol. The van der Waals surface area contributed by atoms with Gasteiger partial charge in [0, 0.05) is 18.7 Å². The Labute approximate surface area is 162 Å². The summed E-state index contributed by atoms with van der Waals surface area (Å²) < 4.78 is 18.7. The van der Waals surface area contributed by atoms with Gasteiger partial charge in [0.1, 0.15) is 23.4 Å². The molecule has 0 bridgehead atoms. The SMILES string of the molecule is CCN(CC)CCN1C(=O)C(=O)/C(=C(\O)c2ccc(F)cc2)C1c1ccco1. The van der Waals surface area contributed by atoms with Crippen LogP contribution in [0.25, 0.3) is 5.76 Å². The van der Waals surface area contributed by atoms with Crippen molar-refractivity contribution in [2.75, 3.05) is 26.2 Å². The zero-order valence-electron chi connectivity index (χ0n) is 15.9. The summed E-state index contributed by atoms with van der Waals surface area (Å²) in [5, 5.41) is 10.8. The number of carbonyl (C=O) groups is 2. The van der Waals surface area contributed by atoms with Crippen molar-refractivity contribution >= 4 is 17.4 Å². The number of likely N-dealkylation sites (N-methyl/N-ethyl adjacent to an activating group) is 1. The van der Waals surface area contributed by atoms with Gasteiger partial charge in [-0.15, -0.1) is 0 Å². The molecule has 1 fully saturated rings. The lowest BCUT2D eigenvalue weighted by Crippen LogP contribution is -2.37. The maximum Gasteiger partial charge on any atom is 0.295 e. The van der Waals surface area contributed by atoms with Gasteiger partial charge in [-0.05, 0) is 49.5 Å². The number of carbonyl (C=O) groups excluding carboxylic acids is 2. The summed E-state index contributed by atoms with van der Waals surface area (Å²) in [4.78, 5) is 29.0. The van der Waals surface area contributed by atoms with Crippen LogP contribution in [0, 0.1) is 5.82 Å². The van der Waals surface area contributed by atoms with Crippen molar-refractivity contribution in [3.8, 4) is 0 Å². The summed E-state index contributed by atoms with van der Waals surface area (Å²) in [5.74, 6) is -1.87. The van der Waals surface area contributed by atoms with Gasteiger partial charge < -0.3 is 19.3 Å². The number of benzene rings is 1. The Morgan fingerprint density at radius 2 is 1.86 bits per heavy atom. The van der Waals surface area contributed by atoms with E-state index in [4.69, 9.17) is 4.42 Å². The maximum absolute atomic E-state index is 13.2. The fourth-order valence-electron chi connectivity index (χ4n) is 3.41. The van der Waals surface area contributed by atoms with E-state index in [1.807, 2.05) is 13.8 Å². The summed E-state index contributed by atoms with van der Waals surface area (Å²) in [6, 6.07) is 7.62. The zero-order chi connectivity index (χ0) is 20.3. The molecule has 6 nitrogen and oxygen atoms in total. The molecule has 0 saturated carbocycles. The molecular formula is C21H23FN2O4. The van der Waals surface area contributed by atoms with Crippen molar-refractivity contribution in [3.05, 3.63) is 65.4 Å². The van der Waals surface area contributed by atoms with Crippen LogP contribution in [0.2, 0.25) is 0 Å². The van der Waals surface area contributed by atoms with Gasteiger partial charge in [-0.3, -0.25) is 9.59 Å². The molecule has 0 radical (unpaired) electrons. The molecule has 2 aromatic rings. The van der Waals surface area contributed by atoms with Crippen molar-refractivity contribution in [2.45, 2.75) is 19.9 Å². The normalized spacial score (nSPS) is 19.0. The van der Waals surface area contributed by atoms with E-state index in [1.165, 1.54) is 35.4 Å². The summed E-state index contributed by atoms with van der Waals surface area (Å²) in [6.45, 7) is 6.60. The van der Waals surface area contributed by atoms with E-state index in [-0.39, 0.29) is 16.9 Å². The highest BCUT2D eigenvalue weighted by atomic mass is 19.1. The third-order valence-corrected chi connectivity index (χ3v) is 5.02. The van der Waals surface area contributed by atoms with E-state index in [0.29, 0.717) is 18.8 Å². The fraction of sp³-hybridized carbons (Fsp3) is 0.333. The quantitative estimate of drug-likeness (QED) is 0.449. The van der Waals surface area contributed by atoms with Crippen LogP contribution >= 0.6 is 0 Å². The minimum atomic E-state index is -0.824. The standard InChI is InChI=1S/C21H23FN2O4/c1-3-23(4-2)11-12-24-18(16-6-5-13-28-16)17(20(26)21(24)27)19(25)14-7-9-15(22)10-8-14/h5-10,13,18,25H,3-4,11-12H2,1-2H3/b19-17-. The van der Waals surface area contributed by atoms with Gasteiger partial charge in [-0.2, -0.15) is 0 Å². The Morgan fingerprint density at radius 3 is 2.43 bits per heavy atom. The minimum absolute atomic E-state index is 0.0499. The third kappa shape index (κ3) is 3.71. The van der Waals surface area contributed by atoms with E-state index in [9.17, 15) is 19.1 Å². The van der Waals surface area contributed by atoms with Crippen molar-refractivity contribution in [1.29, 1.82) is 0 Å². The average molecular weight is 386 g/mol. The first-order valence-corrected chi connectivity index (χ1v) is 9.28. The summed E-state index contributed by atoms with van der Waals surface area (Å²) in [7, 11) is 0. The predicted molar refractivity (Wildman–Crippen MR) is 102 cm³/mol. The lowest BCUT2D eigenvalue weighted by Gasteiger charge is -2.26. The minimum Gasteiger partial charge on any atom is -0.507 e. The predicted octanol–water partition coefficient (Wildman–Crippen LogP) is 3.18. The van der Waals surface area contributed by atoms with Crippen LogP contribution in [0.5, 0.6) is 0 Å². The summed E-state index contributed by atoms with van der Waals surface area (Å²) in [5.41, 5.74) is 0.214. The molecule has 1 N–H and O–H groups in total. The molecule has 3 rings (SSSR count). The first-order valence-electron chi connectivity index (χ1n) is 9.28. The van der Waals surface area contributed by atoms with E-state index in [1.54, 1.807) is 12.1 Å². The van der Waals surface area contributed by atoms with Gasteiger partial charge in [-0.25, -0.2) is 4.39 Å². The van der Waals surface area contributed by atoms with Crippen LogP contribution in [-0.2, 0) is 9.59 Å². The molecule has 1 aromatic carbocycles. The summed E-state index contributed by atoms with van der Waals surface area (Å²) in [6.07, 6.45) is 1.46. The number of likely N-dealkylation sites (tertiary alicyclic amines) is 1. The van der Waals surface area contributed by atoms with Gasteiger partial charge in [-0.1, -0.05) is 13.8 Å². The van der Waals surface area contributed by atoms with Crippen LogP contribution in [-0.4, -0.2) is 52.8 Å². The maximum atomic E-state index is 13.2. The van der Waals surface area contributed by atoms with Crippen molar-refractivity contribution in [3.63, 3.8) is 0 Å². The Kier molecular flexibility index (Phi) is 5.94. The molecule has 28 heavy (non-hydrogen) atoms. The topological polar surface area (TPSA) is 74.0 Å². The number of Topliss-reactive ketones (excluding diaryl/α,β-unsaturated/α-hetero) is 1. The number of furan rings is 1. The largest absolute Gasteiger partial charge is 0.507 e. The first kappa shape index (κ1) is 19.8. The molecule has 1 aliphatic heterocycles. The second kappa shape index (κ2) is 8.39. The smallest absolute Gasteiger partial charge is 0.295 e. The molecule has 1 aromatic heterocycles. The number of ketones is 1. The third-order valence-electron chi connectivity index (χ3n) is 5.02. The Bertz CT molecular complexity index is 870. The molecule has 2 heterocycles. The van der Waals surface area contributed by atoms with Crippen LogP contribution in [0.15, 0.2) is 52.7 Å². The highest BCUT2D eigenvalue weighted by molar-refractivity contribution is 6.46. The Hall–Kier alpha value is -2.93. The van der Waals surface area contributed by atoms with Gasteiger partial charge in [0.15, 0.2) is 0 Å². The summed E-state index contributed by atoms with van der Waals surface area (Å²) >= 11 is 0. The molecule has 0 spiro atoms. The number of hydrogen-bond acceptors (Lipinski definition) is 5. The van der Waals surface area contributed by atoms with Gasteiger partial charge >= 0.3 is 0 Å². The highest BCUT2D eigenvalue weighted by Gasteiger charge is 2.47. The number of amides is 1. The number of nitrogens with zero attached hydrogens (tertiary/aromatic N) is 2. The molecule has 1 amide bonds. The van der Waals surface area contributed by atoms with Crippen LogP contribution in [0.3, 0.4) is 0 Å². The number of halogens is 1. The monoisotopic (exact) mass is 386 g/mol. The molecule has 0 aliphatic carbocycles. The van der Waals surface area contributed by atoms with E-state index in [0.717, 1.165) is 13.1 Å². The number of hydrogen-bond donors (Lipinski definition) is 1. The second-order valence-electron chi connectivity index (χ2n) is 6.54. The molecule has 1 atom stereocenters. The van der Waals surface area contributed by atoms with Gasteiger partial charge in [0.05, 0.1) is 11.8 Å². The molecule has 1 unspecified atom stereocenters. The Morgan fingerprint density at radius 1 is 1.18 bits per heavy atom. The average Bonchev–Trinajstić information content (AvgIpc) is 3.31. The van der Waals surface area contributed by atoms with Crippen molar-refractivity contribution < 1.29 is 23.5 Å². The van der Waals surface area contributed by atoms with Gasteiger partial charge in [0.2, 0.25) is 0 Å². The number of aliphatic hydroxyl groups is 1. The van der Waals surface area contributed by atoms with E-state index < -0.39 is 23.5 Å². The molecule has 7 heteroatoms. The van der Waals surface area contributed by atoms with Crippen LogP contribution < -0.4 is 0 Å². The van der Waals surface area contributed by atoms with Crippen LogP contribution in [0.4, 0.5) is 4.39 Å². The molecule has 148 valence electrons. The molecule has 1 aliphatic rings. The van der Waals surface area contributed by atoms with E-state index >= 15 is 0 Å². The van der Waals surface area contributed by atoms with Gasteiger partial charge in [0.25, 0.3) is 11.7 Å². The zero-order valence-corrected chi connectivity index (χ0v) is 15.9. The van der Waals surface area contributed by atoms with Crippen LogP contribution in [0.1, 0.15) is 31.2 Å². The fourth-order valence-corrected chi connectivity index (χ4v) is 3.41. The van der Waals surface area contributed by atoms with E-state index in [2.05, 4.69) is 4.90 Å². The number of rotatable bonds is 7. The second-order valence-corrected chi connectivity index (χ2v) is 6.54. The lowest BCUT2D eigenvalue weighted by atomic mass is 9.99. The van der Waals surface area contributed by atoms with Crippen molar-refractivity contribution in [1.82, 2.24) is 9.80 Å². The first-order chi connectivity index (χ1) is 13.5. The number of aliphatic hydroxyl groups excluding tert-OH is 1. The van der Waals surface area contributed by atoms with Crippen molar-refractivity contribution in [2.24, 2.45) is 0 Å².